The van der Waals surface area contributed by atoms with Gasteiger partial charge in [-0.1, -0.05) is 18.2 Å². The minimum absolute atomic E-state index is 0.106. The second-order valence-electron chi connectivity index (χ2n) is 5.90. The topological polar surface area (TPSA) is 112 Å². The second-order valence-corrected chi connectivity index (χ2v) is 6.77. The number of esters is 1. The molecule has 3 aromatic rings. The molecule has 0 aliphatic heterocycles. The SMILES string of the molecule is CSCc1c(C(=O)OCC(=O)Nc2ccc(C(N)=O)cc2)oc2ccccc12. The van der Waals surface area contributed by atoms with Gasteiger partial charge in [0.15, 0.2) is 6.61 Å². The number of benzene rings is 2. The molecule has 0 aliphatic rings. The van der Waals surface area contributed by atoms with Gasteiger partial charge in [-0.25, -0.2) is 4.79 Å². The lowest BCUT2D eigenvalue weighted by Crippen LogP contribution is -2.21. The fourth-order valence-electron chi connectivity index (χ4n) is 2.66. The van der Waals surface area contributed by atoms with Crippen LogP contribution in [0.3, 0.4) is 0 Å². The first-order valence-electron chi connectivity index (χ1n) is 8.35. The molecule has 0 saturated heterocycles. The van der Waals surface area contributed by atoms with Crippen LogP contribution in [0.5, 0.6) is 0 Å². The van der Waals surface area contributed by atoms with Gasteiger partial charge in [0, 0.05) is 28.0 Å². The van der Waals surface area contributed by atoms with Gasteiger partial charge in [-0.2, -0.15) is 11.8 Å². The highest BCUT2D eigenvalue weighted by Crippen LogP contribution is 2.29. The van der Waals surface area contributed by atoms with Crippen LogP contribution in [0.15, 0.2) is 52.9 Å². The smallest absolute Gasteiger partial charge is 0.375 e. The first-order chi connectivity index (χ1) is 13.5. The summed E-state index contributed by atoms with van der Waals surface area (Å²) in [5.74, 6) is -1.07. The zero-order valence-corrected chi connectivity index (χ0v) is 15.9. The molecule has 0 fully saturated rings. The Morgan fingerprint density at radius 3 is 2.50 bits per heavy atom. The number of fused-ring (bicyclic) bond motifs is 1. The molecule has 1 heterocycles. The van der Waals surface area contributed by atoms with Crippen LogP contribution < -0.4 is 11.1 Å². The summed E-state index contributed by atoms with van der Waals surface area (Å²) in [6.45, 7) is -0.466. The van der Waals surface area contributed by atoms with E-state index in [1.54, 1.807) is 17.8 Å². The van der Waals surface area contributed by atoms with Crippen molar-refractivity contribution >= 4 is 46.2 Å². The maximum Gasteiger partial charge on any atom is 0.375 e. The summed E-state index contributed by atoms with van der Waals surface area (Å²) >= 11 is 1.56. The van der Waals surface area contributed by atoms with Gasteiger partial charge in [-0.15, -0.1) is 0 Å². The van der Waals surface area contributed by atoms with E-state index in [2.05, 4.69) is 5.32 Å². The normalized spacial score (nSPS) is 10.6. The molecule has 3 rings (SSSR count). The monoisotopic (exact) mass is 398 g/mol. The van der Waals surface area contributed by atoms with Crippen molar-refractivity contribution in [2.45, 2.75) is 5.75 Å². The molecule has 1 aromatic heterocycles. The zero-order valence-electron chi connectivity index (χ0n) is 15.1. The Morgan fingerprint density at radius 2 is 1.82 bits per heavy atom. The number of primary amides is 1. The lowest BCUT2D eigenvalue weighted by molar-refractivity contribution is -0.119. The van der Waals surface area contributed by atoms with E-state index >= 15 is 0 Å². The molecule has 144 valence electrons. The minimum atomic E-state index is -0.695. The van der Waals surface area contributed by atoms with E-state index < -0.39 is 24.4 Å². The molecule has 0 aliphatic carbocycles. The van der Waals surface area contributed by atoms with Crippen molar-refractivity contribution in [2.75, 3.05) is 18.2 Å². The molecule has 3 N–H and O–H groups in total. The number of anilines is 1. The van der Waals surface area contributed by atoms with E-state index in [0.29, 0.717) is 22.6 Å². The van der Waals surface area contributed by atoms with Crippen molar-refractivity contribution in [3.8, 4) is 0 Å². The molecule has 2 aromatic carbocycles. The third-order valence-electron chi connectivity index (χ3n) is 3.96. The Hall–Kier alpha value is -3.26. The molecule has 0 bridgehead atoms. The lowest BCUT2D eigenvalue weighted by Gasteiger charge is -2.07. The number of furan rings is 1. The number of para-hydroxylation sites is 1. The first kappa shape index (κ1) is 19.5. The fraction of sp³-hybridized carbons (Fsp3) is 0.150. The number of ether oxygens (including phenoxy) is 1. The second kappa shape index (κ2) is 8.62. The molecule has 0 spiro atoms. The quantitative estimate of drug-likeness (QED) is 0.591. The molecular weight excluding hydrogens is 380 g/mol. The summed E-state index contributed by atoms with van der Waals surface area (Å²) in [7, 11) is 0. The van der Waals surface area contributed by atoms with Crippen molar-refractivity contribution in [2.24, 2.45) is 5.73 Å². The number of rotatable bonds is 7. The average Bonchev–Trinajstić information content (AvgIpc) is 3.06. The Labute approximate surface area is 165 Å². The molecule has 0 radical (unpaired) electrons. The van der Waals surface area contributed by atoms with Crippen LogP contribution in [0, 0.1) is 0 Å². The Bertz CT molecular complexity index is 1030. The molecule has 0 saturated carbocycles. The standard InChI is InChI=1S/C20H18N2O5S/c1-28-11-15-14-4-2-3-5-16(14)27-18(15)20(25)26-10-17(23)22-13-8-6-12(7-9-13)19(21)24/h2-9H,10-11H2,1H3,(H2,21,24)(H,22,23). The fourth-order valence-corrected chi connectivity index (χ4v) is 3.24. The van der Waals surface area contributed by atoms with Gasteiger partial charge in [0.05, 0.1) is 0 Å². The third-order valence-corrected chi connectivity index (χ3v) is 4.54. The predicted molar refractivity (Wildman–Crippen MR) is 107 cm³/mol. The third kappa shape index (κ3) is 4.34. The number of hydrogen-bond acceptors (Lipinski definition) is 6. The summed E-state index contributed by atoms with van der Waals surface area (Å²) in [4.78, 5) is 35.5. The van der Waals surface area contributed by atoms with Crippen molar-refractivity contribution in [3.05, 3.63) is 65.4 Å². The van der Waals surface area contributed by atoms with E-state index in [1.165, 1.54) is 24.3 Å². The minimum Gasteiger partial charge on any atom is -0.450 e. The van der Waals surface area contributed by atoms with Crippen molar-refractivity contribution in [1.29, 1.82) is 0 Å². The van der Waals surface area contributed by atoms with Gasteiger partial charge in [-0.05, 0) is 36.6 Å². The van der Waals surface area contributed by atoms with Crippen LogP contribution in [0.1, 0.15) is 26.5 Å². The summed E-state index contributed by atoms with van der Waals surface area (Å²) < 4.78 is 10.7. The number of thioether (sulfide) groups is 1. The van der Waals surface area contributed by atoms with Crippen molar-refractivity contribution in [3.63, 3.8) is 0 Å². The van der Waals surface area contributed by atoms with Gasteiger partial charge < -0.3 is 20.2 Å². The average molecular weight is 398 g/mol. The summed E-state index contributed by atoms with van der Waals surface area (Å²) in [6, 6.07) is 13.4. The van der Waals surface area contributed by atoms with Crippen molar-refractivity contribution < 1.29 is 23.5 Å². The highest BCUT2D eigenvalue weighted by Gasteiger charge is 2.22. The highest BCUT2D eigenvalue weighted by molar-refractivity contribution is 7.97. The number of carbonyl (C=O) groups excluding carboxylic acids is 3. The number of nitrogens with two attached hydrogens (primary N) is 1. The highest BCUT2D eigenvalue weighted by atomic mass is 32.2. The zero-order chi connectivity index (χ0) is 20.1. The first-order valence-corrected chi connectivity index (χ1v) is 9.75. The Balaban J connectivity index is 1.65. The van der Waals surface area contributed by atoms with E-state index in [1.807, 2.05) is 24.5 Å². The lowest BCUT2D eigenvalue weighted by atomic mass is 10.1. The number of carbonyl (C=O) groups is 3. The number of nitrogens with one attached hydrogen (secondary N) is 1. The molecule has 7 nitrogen and oxygen atoms in total. The van der Waals surface area contributed by atoms with Gasteiger partial charge in [0.25, 0.3) is 5.91 Å². The van der Waals surface area contributed by atoms with Crippen LogP contribution in [-0.4, -0.2) is 30.6 Å². The maximum absolute atomic E-state index is 12.4. The van der Waals surface area contributed by atoms with Crippen LogP contribution in [-0.2, 0) is 15.3 Å². The maximum atomic E-state index is 12.4. The van der Waals surface area contributed by atoms with Crippen molar-refractivity contribution in [1.82, 2.24) is 0 Å². The van der Waals surface area contributed by atoms with Crippen LogP contribution in [0.25, 0.3) is 11.0 Å². The van der Waals surface area contributed by atoms with Crippen LogP contribution in [0.4, 0.5) is 5.69 Å². The summed E-state index contributed by atoms with van der Waals surface area (Å²) in [5.41, 5.74) is 7.30. The molecule has 0 unspecified atom stereocenters. The van der Waals surface area contributed by atoms with Gasteiger partial charge in [0.1, 0.15) is 5.58 Å². The molecule has 8 heteroatoms. The Morgan fingerprint density at radius 1 is 1.11 bits per heavy atom. The summed E-state index contributed by atoms with van der Waals surface area (Å²) in [5, 5.41) is 3.43. The number of amides is 2. The van der Waals surface area contributed by atoms with E-state index in [-0.39, 0.29) is 5.76 Å². The van der Waals surface area contributed by atoms with Gasteiger partial charge >= 0.3 is 5.97 Å². The molecular formula is C20H18N2O5S. The predicted octanol–water partition coefficient (Wildman–Crippen LogP) is 3.19. The van der Waals surface area contributed by atoms with Gasteiger partial charge in [-0.3, -0.25) is 9.59 Å². The van der Waals surface area contributed by atoms with Gasteiger partial charge in [0.2, 0.25) is 11.7 Å². The van der Waals surface area contributed by atoms with E-state index in [0.717, 1.165) is 10.9 Å². The van der Waals surface area contributed by atoms with Crippen LogP contribution in [0.2, 0.25) is 0 Å². The molecule has 0 atom stereocenters. The number of hydrogen-bond donors (Lipinski definition) is 2. The Kier molecular flexibility index (Phi) is 6.00. The largest absolute Gasteiger partial charge is 0.450 e. The molecule has 2 amide bonds. The van der Waals surface area contributed by atoms with Crippen LogP contribution >= 0.6 is 11.8 Å². The van der Waals surface area contributed by atoms with E-state index in [9.17, 15) is 14.4 Å². The van der Waals surface area contributed by atoms with E-state index in [4.69, 9.17) is 14.9 Å². The molecule has 28 heavy (non-hydrogen) atoms. The summed E-state index contributed by atoms with van der Waals surface area (Å²) in [6.07, 6.45) is 1.92.